The predicted molar refractivity (Wildman–Crippen MR) is 123 cm³/mol. The van der Waals surface area contributed by atoms with Crippen LogP contribution in [-0.2, 0) is 16.1 Å². The van der Waals surface area contributed by atoms with Crippen molar-refractivity contribution in [3.8, 4) is 11.5 Å². The molecule has 3 amide bonds. The summed E-state index contributed by atoms with van der Waals surface area (Å²) in [5.41, 5.74) is 1.27. The fourth-order valence-electron chi connectivity index (χ4n) is 2.55. The Labute approximate surface area is 188 Å². The Morgan fingerprint density at radius 1 is 1.00 bits per heavy atom. The maximum absolute atomic E-state index is 12.6. The molecular formula is C24H31N3O5. The highest BCUT2D eigenvalue weighted by molar-refractivity contribution is 5.98. The molecule has 2 rings (SSSR count). The van der Waals surface area contributed by atoms with Gasteiger partial charge in [0, 0.05) is 37.3 Å². The Balaban J connectivity index is 2.01. The lowest BCUT2D eigenvalue weighted by Gasteiger charge is -2.18. The quantitative estimate of drug-likeness (QED) is 0.656. The zero-order chi connectivity index (χ0) is 23.9. The third-order valence-electron chi connectivity index (χ3n) is 4.59. The first-order valence-corrected chi connectivity index (χ1v) is 10.2. The molecule has 0 saturated carbocycles. The van der Waals surface area contributed by atoms with Gasteiger partial charge >= 0.3 is 0 Å². The zero-order valence-corrected chi connectivity index (χ0v) is 19.4. The molecule has 0 aliphatic rings. The number of methoxy groups -OCH3 is 1. The van der Waals surface area contributed by atoms with Gasteiger partial charge in [0.25, 0.3) is 11.8 Å². The van der Waals surface area contributed by atoms with Crippen molar-refractivity contribution in [2.45, 2.75) is 27.3 Å². The average molecular weight is 442 g/mol. The number of carbonyl (C=O) groups excluding carboxylic acids is 3. The molecule has 8 heteroatoms. The Hall–Kier alpha value is -3.55. The number of carbonyl (C=O) groups is 3. The molecule has 32 heavy (non-hydrogen) atoms. The van der Waals surface area contributed by atoms with E-state index in [-0.39, 0.29) is 30.9 Å². The molecule has 2 N–H and O–H groups in total. The van der Waals surface area contributed by atoms with Gasteiger partial charge in [0.05, 0.1) is 7.11 Å². The Bertz CT molecular complexity index is 980. The van der Waals surface area contributed by atoms with E-state index in [0.29, 0.717) is 22.7 Å². The molecule has 0 aliphatic carbocycles. The Morgan fingerprint density at radius 2 is 1.72 bits per heavy atom. The van der Waals surface area contributed by atoms with Crippen molar-refractivity contribution in [2.75, 3.05) is 33.1 Å². The predicted octanol–water partition coefficient (Wildman–Crippen LogP) is 3.08. The number of nitrogens with one attached hydrogen (secondary N) is 2. The zero-order valence-electron chi connectivity index (χ0n) is 19.4. The van der Waals surface area contributed by atoms with Crippen LogP contribution in [0.2, 0.25) is 0 Å². The van der Waals surface area contributed by atoms with E-state index < -0.39 is 5.41 Å². The van der Waals surface area contributed by atoms with E-state index in [4.69, 9.17) is 9.47 Å². The summed E-state index contributed by atoms with van der Waals surface area (Å²) in [7, 11) is 4.82. The number of ether oxygens (including phenoxy) is 2. The molecule has 0 fully saturated rings. The molecule has 172 valence electrons. The molecular weight excluding hydrogens is 410 g/mol. The molecule has 2 aromatic rings. The highest BCUT2D eigenvalue weighted by Crippen LogP contribution is 2.28. The van der Waals surface area contributed by atoms with Crippen LogP contribution >= 0.6 is 0 Å². The molecule has 0 unspecified atom stereocenters. The number of hydrogen-bond donors (Lipinski definition) is 2. The molecule has 0 heterocycles. The summed E-state index contributed by atoms with van der Waals surface area (Å²) < 4.78 is 10.9. The SMILES string of the molecule is COc1cc(CNC(=O)c2cccc(NC(=O)C(C)(C)C)c2)ccc1OCC(=O)N(C)C. The van der Waals surface area contributed by atoms with Crippen molar-refractivity contribution >= 4 is 23.4 Å². The lowest BCUT2D eigenvalue weighted by atomic mass is 9.95. The largest absolute Gasteiger partial charge is 0.493 e. The molecule has 0 aliphatic heterocycles. The number of likely N-dealkylation sites (N-methyl/N-ethyl adjacent to an activating group) is 1. The lowest BCUT2D eigenvalue weighted by molar-refractivity contribution is -0.130. The van der Waals surface area contributed by atoms with E-state index >= 15 is 0 Å². The second-order valence-corrected chi connectivity index (χ2v) is 8.53. The van der Waals surface area contributed by atoms with Crippen LogP contribution in [0.5, 0.6) is 11.5 Å². The topological polar surface area (TPSA) is 97.0 Å². The van der Waals surface area contributed by atoms with Crippen molar-refractivity contribution in [2.24, 2.45) is 5.41 Å². The monoisotopic (exact) mass is 441 g/mol. The minimum absolute atomic E-state index is 0.0957. The van der Waals surface area contributed by atoms with Gasteiger partial charge in [-0.15, -0.1) is 0 Å². The molecule has 0 saturated heterocycles. The first-order valence-electron chi connectivity index (χ1n) is 10.2. The van der Waals surface area contributed by atoms with Gasteiger partial charge in [-0.2, -0.15) is 0 Å². The molecule has 8 nitrogen and oxygen atoms in total. The van der Waals surface area contributed by atoms with E-state index in [0.717, 1.165) is 5.56 Å². The first kappa shape index (κ1) is 24.7. The standard InChI is InChI=1S/C24H31N3O5/c1-24(2,3)23(30)26-18-9-7-8-17(13-18)22(29)25-14-16-10-11-19(20(12-16)31-6)32-15-21(28)27(4)5/h7-13H,14-15H2,1-6H3,(H,25,29)(H,26,30). The molecule has 0 atom stereocenters. The maximum atomic E-state index is 12.6. The fourth-order valence-corrected chi connectivity index (χ4v) is 2.55. The van der Waals surface area contributed by atoms with Crippen LogP contribution in [0.4, 0.5) is 5.69 Å². The van der Waals surface area contributed by atoms with E-state index in [1.165, 1.54) is 12.0 Å². The number of anilines is 1. The summed E-state index contributed by atoms with van der Waals surface area (Å²) in [5, 5.41) is 5.68. The third-order valence-corrected chi connectivity index (χ3v) is 4.59. The Morgan fingerprint density at radius 3 is 2.34 bits per heavy atom. The smallest absolute Gasteiger partial charge is 0.259 e. The highest BCUT2D eigenvalue weighted by atomic mass is 16.5. The van der Waals surface area contributed by atoms with Gasteiger partial charge < -0.3 is 25.0 Å². The second-order valence-electron chi connectivity index (χ2n) is 8.53. The average Bonchev–Trinajstić information content (AvgIpc) is 2.75. The number of nitrogens with zero attached hydrogens (tertiary/aromatic N) is 1. The van der Waals surface area contributed by atoms with Crippen LogP contribution in [-0.4, -0.2) is 50.4 Å². The van der Waals surface area contributed by atoms with Crippen LogP contribution in [0.1, 0.15) is 36.7 Å². The number of hydrogen-bond acceptors (Lipinski definition) is 5. The van der Waals surface area contributed by atoms with Gasteiger partial charge in [-0.1, -0.05) is 32.9 Å². The van der Waals surface area contributed by atoms with Crippen molar-refractivity contribution in [3.05, 3.63) is 53.6 Å². The van der Waals surface area contributed by atoms with Crippen molar-refractivity contribution in [1.82, 2.24) is 10.2 Å². The minimum Gasteiger partial charge on any atom is -0.493 e. The van der Waals surface area contributed by atoms with E-state index in [1.807, 2.05) is 20.8 Å². The van der Waals surface area contributed by atoms with E-state index in [1.54, 1.807) is 56.6 Å². The summed E-state index contributed by atoms with van der Waals surface area (Å²) >= 11 is 0. The van der Waals surface area contributed by atoms with Gasteiger partial charge in [0.15, 0.2) is 18.1 Å². The highest BCUT2D eigenvalue weighted by Gasteiger charge is 2.21. The van der Waals surface area contributed by atoms with Gasteiger partial charge in [-0.3, -0.25) is 14.4 Å². The van der Waals surface area contributed by atoms with Gasteiger partial charge in [-0.25, -0.2) is 0 Å². The summed E-state index contributed by atoms with van der Waals surface area (Å²) in [6.45, 7) is 5.64. The fraction of sp³-hybridized carbons (Fsp3) is 0.375. The van der Waals surface area contributed by atoms with Crippen molar-refractivity contribution in [3.63, 3.8) is 0 Å². The van der Waals surface area contributed by atoms with Crippen LogP contribution < -0.4 is 20.1 Å². The summed E-state index contributed by atoms with van der Waals surface area (Å²) in [5.74, 6) is 0.351. The second kappa shape index (κ2) is 10.7. The maximum Gasteiger partial charge on any atom is 0.259 e. The molecule has 0 radical (unpaired) electrons. The molecule has 0 bridgehead atoms. The number of amides is 3. The van der Waals surface area contributed by atoms with Gasteiger partial charge in [0.2, 0.25) is 5.91 Å². The summed E-state index contributed by atoms with van der Waals surface area (Å²) in [6.07, 6.45) is 0. The van der Waals surface area contributed by atoms with E-state index in [9.17, 15) is 14.4 Å². The minimum atomic E-state index is -0.535. The molecule has 2 aromatic carbocycles. The summed E-state index contributed by atoms with van der Waals surface area (Å²) in [6, 6.07) is 12.0. The van der Waals surface area contributed by atoms with Crippen LogP contribution in [0.25, 0.3) is 0 Å². The van der Waals surface area contributed by atoms with Crippen LogP contribution in [0, 0.1) is 5.41 Å². The lowest BCUT2D eigenvalue weighted by Crippen LogP contribution is -2.28. The molecule has 0 spiro atoms. The third kappa shape index (κ3) is 7.01. The van der Waals surface area contributed by atoms with Crippen molar-refractivity contribution < 1.29 is 23.9 Å². The number of rotatable bonds is 8. The first-order chi connectivity index (χ1) is 15.0. The number of benzene rings is 2. The van der Waals surface area contributed by atoms with Crippen LogP contribution in [0.15, 0.2) is 42.5 Å². The normalized spacial score (nSPS) is 10.8. The van der Waals surface area contributed by atoms with Gasteiger partial charge in [-0.05, 0) is 35.9 Å². The van der Waals surface area contributed by atoms with Gasteiger partial charge in [0.1, 0.15) is 0 Å². The Kier molecular flexibility index (Phi) is 8.23. The van der Waals surface area contributed by atoms with Crippen molar-refractivity contribution in [1.29, 1.82) is 0 Å². The van der Waals surface area contributed by atoms with E-state index in [2.05, 4.69) is 10.6 Å². The van der Waals surface area contributed by atoms with Crippen LogP contribution in [0.3, 0.4) is 0 Å². The molecule has 0 aromatic heterocycles. The summed E-state index contributed by atoms with van der Waals surface area (Å²) in [4.78, 5) is 37.9.